The van der Waals surface area contributed by atoms with Crippen LogP contribution in [0.3, 0.4) is 0 Å². The van der Waals surface area contributed by atoms with Crippen molar-refractivity contribution in [1.29, 1.82) is 0 Å². The first-order chi connectivity index (χ1) is 15.8. The van der Waals surface area contributed by atoms with Crippen LogP contribution < -0.4 is 0 Å². The number of rotatable bonds is 3. The van der Waals surface area contributed by atoms with E-state index in [1.54, 1.807) is 0 Å². The molecule has 0 saturated heterocycles. The number of fused-ring (bicyclic) bond motifs is 7. The number of aliphatic carboxylic acids is 1. The Labute approximate surface area is 207 Å². The van der Waals surface area contributed by atoms with Gasteiger partial charge in [-0.05, 0) is 121 Å². The highest BCUT2D eigenvalue weighted by Crippen LogP contribution is 2.77. The maximum Gasteiger partial charge on any atom is 0.309 e. The molecule has 4 nitrogen and oxygen atoms in total. The van der Waals surface area contributed by atoms with E-state index in [2.05, 4.69) is 41.5 Å². The molecule has 0 heterocycles. The van der Waals surface area contributed by atoms with Crippen molar-refractivity contribution in [3.05, 3.63) is 0 Å². The van der Waals surface area contributed by atoms with Gasteiger partial charge in [-0.15, -0.1) is 0 Å². The van der Waals surface area contributed by atoms with Crippen LogP contribution in [-0.4, -0.2) is 34.0 Å². The predicted octanol–water partition coefficient (Wildman–Crippen LogP) is 6.14. The zero-order chi connectivity index (χ0) is 24.9. The average molecular weight is 475 g/mol. The number of aliphatic hydroxyl groups is 2. The number of carboxylic acid groups (broad SMARTS) is 1. The Bertz CT molecular complexity index is 838. The third-order valence-electron chi connectivity index (χ3n) is 14.1. The molecule has 3 N–H and O–H groups in total. The molecule has 5 aliphatic rings. The molecule has 5 fully saturated rings. The monoisotopic (exact) mass is 474 g/mol. The minimum absolute atomic E-state index is 0.0166. The lowest BCUT2D eigenvalue weighted by atomic mass is 9.32. The first-order valence-corrected chi connectivity index (χ1v) is 14.3. The van der Waals surface area contributed by atoms with Gasteiger partial charge in [0.1, 0.15) is 0 Å². The van der Waals surface area contributed by atoms with E-state index < -0.39 is 17.5 Å². The van der Waals surface area contributed by atoms with Gasteiger partial charge in [0.2, 0.25) is 0 Å². The van der Waals surface area contributed by atoms with Crippen molar-refractivity contribution < 1.29 is 20.1 Å². The summed E-state index contributed by atoms with van der Waals surface area (Å²) in [5.41, 5.74) is 0.326. The maximum atomic E-state index is 12.8. The summed E-state index contributed by atoms with van der Waals surface area (Å²) in [5, 5.41) is 31.1. The van der Waals surface area contributed by atoms with Crippen LogP contribution in [0.2, 0.25) is 0 Å². The van der Waals surface area contributed by atoms with Crippen molar-refractivity contribution in [3.63, 3.8) is 0 Å². The van der Waals surface area contributed by atoms with Gasteiger partial charge in [0.15, 0.2) is 0 Å². The molecule has 0 amide bonds. The summed E-state index contributed by atoms with van der Waals surface area (Å²) in [6.07, 6.45) is 9.81. The van der Waals surface area contributed by atoms with E-state index in [1.807, 2.05) is 0 Å². The van der Waals surface area contributed by atoms with Gasteiger partial charge in [0.25, 0.3) is 0 Å². The largest absolute Gasteiger partial charge is 0.481 e. The normalized spacial score (nSPS) is 54.8. The maximum absolute atomic E-state index is 12.8. The number of aliphatic hydroxyl groups excluding tert-OH is 2. The zero-order valence-corrected chi connectivity index (χ0v) is 22.6. The Hall–Kier alpha value is -0.610. The first kappa shape index (κ1) is 25.1. The average Bonchev–Trinajstić information content (AvgIpc) is 3.18. The summed E-state index contributed by atoms with van der Waals surface area (Å²) in [5.74, 6) is 1.78. The van der Waals surface area contributed by atoms with Crippen molar-refractivity contribution in [3.8, 4) is 0 Å². The molecule has 5 saturated carbocycles. The topological polar surface area (TPSA) is 77.8 Å². The molecular formula is C30H50O4. The standard InChI is InChI=1S/C30H50O4/c1-18-9-12-27(4)22(26(18,2)3)11-13-29(6)23(27)8-7-20-24-19(21(32)17-31)10-14-30(24,25(33)34)16-15-28(20,29)5/h18-24,31-32H,7-17H2,1-6H3,(H,33,34)/t18-,19-,20?,21?,22?,23?,24?,27-,28+,29+,30-/m0/s1. The summed E-state index contributed by atoms with van der Waals surface area (Å²) >= 11 is 0. The number of carbonyl (C=O) groups is 1. The lowest BCUT2D eigenvalue weighted by Crippen LogP contribution is -2.66. The fraction of sp³-hybridized carbons (Fsp3) is 0.967. The fourth-order valence-corrected chi connectivity index (χ4v) is 11.8. The highest BCUT2D eigenvalue weighted by Gasteiger charge is 2.72. The molecule has 0 spiro atoms. The molecule has 194 valence electrons. The van der Waals surface area contributed by atoms with Gasteiger partial charge in [-0.25, -0.2) is 0 Å². The molecule has 5 rings (SSSR count). The second-order valence-corrected chi connectivity index (χ2v) is 14.9. The molecule has 0 aromatic heterocycles. The van der Waals surface area contributed by atoms with Gasteiger partial charge in [-0.2, -0.15) is 0 Å². The van der Waals surface area contributed by atoms with Crippen LogP contribution in [0.15, 0.2) is 0 Å². The third-order valence-corrected chi connectivity index (χ3v) is 14.1. The van der Waals surface area contributed by atoms with Crippen molar-refractivity contribution in [2.24, 2.45) is 62.6 Å². The van der Waals surface area contributed by atoms with Gasteiger partial charge in [0.05, 0.1) is 18.1 Å². The molecule has 0 aromatic carbocycles. The summed E-state index contributed by atoms with van der Waals surface area (Å²) in [6.45, 7) is 15.0. The highest BCUT2D eigenvalue weighted by atomic mass is 16.4. The molecule has 34 heavy (non-hydrogen) atoms. The Balaban J connectivity index is 1.55. The molecule has 4 heteroatoms. The van der Waals surface area contributed by atoms with E-state index in [-0.39, 0.29) is 29.3 Å². The molecule has 5 aliphatic carbocycles. The molecule has 0 bridgehead atoms. The molecule has 5 unspecified atom stereocenters. The van der Waals surface area contributed by atoms with Gasteiger partial charge in [-0.1, -0.05) is 41.5 Å². The van der Waals surface area contributed by atoms with Crippen molar-refractivity contribution in [2.45, 2.75) is 112 Å². The van der Waals surface area contributed by atoms with Crippen molar-refractivity contribution in [1.82, 2.24) is 0 Å². The predicted molar refractivity (Wildman–Crippen MR) is 134 cm³/mol. The third kappa shape index (κ3) is 2.88. The number of carboxylic acids is 1. The van der Waals surface area contributed by atoms with E-state index in [9.17, 15) is 20.1 Å². The Morgan fingerprint density at radius 3 is 2.21 bits per heavy atom. The van der Waals surface area contributed by atoms with E-state index >= 15 is 0 Å². The summed E-state index contributed by atoms with van der Waals surface area (Å²) in [7, 11) is 0. The minimum atomic E-state index is -0.798. The Morgan fingerprint density at radius 2 is 1.56 bits per heavy atom. The van der Waals surface area contributed by atoms with E-state index in [0.29, 0.717) is 29.1 Å². The SMILES string of the molecule is C[C@H]1CC[C@@]2(C)C(CC[C@]3(C)C2CCC2C4[C@H](C(O)CO)CC[C@]4(C(=O)O)CC[C@]23C)C1(C)C. The van der Waals surface area contributed by atoms with E-state index in [1.165, 1.54) is 32.1 Å². The number of hydrogen-bond donors (Lipinski definition) is 3. The lowest BCUT2D eigenvalue weighted by Gasteiger charge is -2.73. The Morgan fingerprint density at radius 1 is 0.853 bits per heavy atom. The zero-order valence-electron chi connectivity index (χ0n) is 22.6. The van der Waals surface area contributed by atoms with Gasteiger partial charge >= 0.3 is 5.97 Å². The van der Waals surface area contributed by atoms with Crippen LogP contribution in [-0.2, 0) is 4.79 Å². The van der Waals surface area contributed by atoms with Gasteiger partial charge < -0.3 is 15.3 Å². The van der Waals surface area contributed by atoms with Crippen LogP contribution in [0, 0.1) is 62.6 Å². The summed E-state index contributed by atoms with van der Waals surface area (Å²) in [6, 6.07) is 0. The van der Waals surface area contributed by atoms with Gasteiger partial charge in [0, 0.05) is 0 Å². The van der Waals surface area contributed by atoms with Crippen LogP contribution >= 0.6 is 0 Å². The van der Waals surface area contributed by atoms with Crippen molar-refractivity contribution in [2.75, 3.05) is 6.61 Å². The molecule has 0 radical (unpaired) electrons. The first-order valence-electron chi connectivity index (χ1n) is 14.3. The van der Waals surface area contributed by atoms with Crippen LogP contribution in [0.5, 0.6) is 0 Å². The van der Waals surface area contributed by atoms with Gasteiger partial charge in [-0.3, -0.25) is 4.79 Å². The minimum Gasteiger partial charge on any atom is -0.481 e. The van der Waals surface area contributed by atoms with Crippen LogP contribution in [0.4, 0.5) is 0 Å². The molecule has 0 aromatic rings. The Kier molecular flexibility index (Phi) is 5.67. The summed E-state index contributed by atoms with van der Waals surface area (Å²) < 4.78 is 0. The second-order valence-electron chi connectivity index (χ2n) is 14.9. The van der Waals surface area contributed by atoms with E-state index in [0.717, 1.165) is 37.5 Å². The smallest absolute Gasteiger partial charge is 0.309 e. The summed E-state index contributed by atoms with van der Waals surface area (Å²) in [4.78, 5) is 12.8. The van der Waals surface area contributed by atoms with Crippen molar-refractivity contribution >= 4 is 5.97 Å². The molecule has 0 aliphatic heterocycles. The highest BCUT2D eigenvalue weighted by molar-refractivity contribution is 5.76. The quantitative estimate of drug-likeness (QED) is 0.459. The van der Waals surface area contributed by atoms with Crippen LogP contribution in [0.1, 0.15) is 106 Å². The molecular weight excluding hydrogens is 424 g/mol. The van der Waals surface area contributed by atoms with E-state index in [4.69, 9.17) is 0 Å². The fourth-order valence-electron chi connectivity index (χ4n) is 11.8. The number of hydrogen-bond acceptors (Lipinski definition) is 3. The molecule has 11 atom stereocenters. The second kappa shape index (κ2) is 7.70. The van der Waals surface area contributed by atoms with Crippen LogP contribution in [0.25, 0.3) is 0 Å². The lowest BCUT2D eigenvalue weighted by molar-refractivity contribution is -0.245.